The molecule has 0 aliphatic carbocycles. The standard InChI is InChI=1S/C20H18F4N2O4/c1-29-17-9-12(21)3-5-15(17)30-16-8-11(20(22,23)24)2-4-14(16)19(28)26-13-6-7-25-18(27)10-13/h2-5,8-9,13H,6-7,10H2,1H3,(H,25,27)(H,26,28). The Kier molecular flexibility index (Phi) is 6.14. The maximum atomic E-state index is 13.4. The van der Waals surface area contributed by atoms with Crippen LogP contribution in [0, 0.1) is 5.82 Å². The highest BCUT2D eigenvalue weighted by molar-refractivity contribution is 5.97. The van der Waals surface area contributed by atoms with E-state index >= 15 is 0 Å². The smallest absolute Gasteiger partial charge is 0.416 e. The molecule has 1 atom stereocenters. The molecule has 30 heavy (non-hydrogen) atoms. The Morgan fingerprint density at radius 2 is 1.90 bits per heavy atom. The Hall–Kier alpha value is -3.30. The molecule has 1 fully saturated rings. The summed E-state index contributed by atoms with van der Waals surface area (Å²) in [4.78, 5) is 24.2. The van der Waals surface area contributed by atoms with Crippen LogP contribution < -0.4 is 20.1 Å². The zero-order valence-electron chi connectivity index (χ0n) is 15.8. The summed E-state index contributed by atoms with van der Waals surface area (Å²) in [6.45, 7) is 0.382. The van der Waals surface area contributed by atoms with Crippen molar-refractivity contribution in [2.45, 2.75) is 25.1 Å². The van der Waals surface area contributed by atoms with Gasteiger partial charge in [-0.15, -0.1) is 0 Å². The minimum Gasteiger partial charge on any atom is -0.493 e. The largest absolute Gasteiger partial charge is 0.493 e. The number of amides is 2. The number of ether oxygens (including phenoxy) is 2. The predicted molar refractivity (Wildman–Crippen MR) is 98.0 cm³/mol. The van der Waals surface area contributed by atoms with Crippen LogP contribution in [0.4, 0.5) is 17.6 Å². The number of rotatable bonds is 5. The lowest BCUT2D eigenvalue weighted by atomic mass is 10.0. The Bertz CT molecular complexity index is 962. The second-order valence-corrected chi connectivity index (χ2v) is 6.62. The number of alkyl halides is 3. The molecule has 3 rings (SSSR count). The van der Waals surface area contributed by atoms with Crippen molar-refractivity contribution in [1.29, 1.82) is 0 Å². The lowest BCUT2D eigenvalue weighted by Gasteiger charge is -2.23. The van der Waals surface area contributed by atoms with Crippen molar-refractivity contribution in [3.63, 3.8) is 0 Å². The summed E-state index contributed by atoms with van der Waals surface area (Å²) in [5.41, 5.74) is -1.19. The molecule has 2 N–H and O–H groups in total. The molecule has 1 saturated heterocycles. The maximum Gasteiger partial charge on any atom is 0.416 e. The van der Waals surface area contributed by atoms with E-state index in [-0.39, 0.29) is 35.1 Å². The van der Waals surface area contributed by atoms with Gasteiger partial charge in [0.1, 0.15) is 11.6 Å². The van der Waals surface area contributed by atoms with Crippen LogP contribution in [0.15, 0.2) is 36.4 Å². The van der Waals surface area contributed by atoms with Gasteiger partial charge in [-0.1, -0.05) is 0 Å². The second kappa shape index (κ2) is 8.60. The molecule has 1 heterocycles. The van der Waals surface area contributed by atoms with Gasteiger partial charge in [0.15, 0.2) is 11.5 Å². The topological polar surface area (TPSA) is 76.7 Å². The van der Waals surface area contributed by atoms with Crippen molar-refractivity contribution in [1.82, 2.24) is 10.6 Å². The highest BCUT2D eigenvalue weighted by atomic mass is 19.4. The molecule has 160 valence electrons. The van der Waals surface area contributed by atoms with Gasteiger partial charge in [0, 0.05) is 25.1 Å². The molecular weight excluding hydrogens is 408 g/mol. The Labute approximate surface area is 169 Å². The predicted octanol–water partition coefficient (Wildman–Crippen LogP) is 3.65. The minimum atomic E-state index is -4.67. The van der Waals surface area contributed by atoms with E-state index in [2.05, 4.69) is 10.6 Å². The van der Waals surface area contributed by atoms with Crippen LogP contribution in [0.3, 0.4) is 0 Å². The van der Waals surface area contributed by atoms with Crippen LogP contribution in [0.1, 0.15) is 28.8 Å². The number of benzene rings is 2. The molecule has 2 aromatic carbocycles. The normalized spacial score (nSPS) is 16.6. The number of hydrogen-bond donors (Lipinski definition) is 2. The zero-order valence-corrected chi connectivity index (χ0v) is 15.8. The average Bonchev–Trinajstić information content (AvgIpc) is 2.68. The van der Waals surface area contributed by atoms with Crippen molar-refractivity contribution in [2.75, 3.05) is 13.7 Å². The van der Waals surface area contributed by atoms with Crippen molar-refractivity contribution in [3.05, 3.63) is 53.3 Å². The first-order chi connectivity index (χ1) is 14.2. The molecular formula is C20H18F4N2O4. The fraction of sp³-hybridized carbons (Fsp3) is 0.300. The van der Waals surface area contributed by atoms with Crippen LogP contribution in [0.5, 0.6) is 17.2 Å². The number of halogens is 4. The van der Waals surface area contributed by atoms with Gasteiger partial charge < -0.3 is 20.1 Å². The molecule has 1 unspecified atom stereocenters. The van der Waals surface area contributed by atoms with Gasteiger partial charge in [0.05, 0.1) is 18.2 Å². The number of carbonyl (C=O) groups is 2. The van der Waals surface area contributed by atoms with E-state index in [4.69, 9.17) is 9.47 Å². The lowest BCUT2D eigenvalue weighted by Crippen LogP contribution is -2.45. The molecule has 10 heteroatoms. The molecule has 0 bridgehead atoms. The van der Waals surface area contributed by atoms with Crippen molar-refractivity contribution in [3.8, 4) is 17.2 Å². The average molecular weight is 426 g/mol. The lowest BCUT2D eigenvalue weighted by molar-refractivity contribution is -0.137. The Morgan fingerprint density at radius 1 is 1.13 bits per heavy atom. The van der Waals surface area contributed by atoms with Gasteiger partial charge in [-0.3, -0.25) is 9.59 Å². The van der Waals surface area contributed by atoms with Gasteiger partial charge in [0.2, 0.25) is 5.91 Å². The third-order valence-corrected chi connectivity index (χ3v) is 4.48. The summed E-state index contributed by atoms with van der Waals surface area (Å²) in [7, 11) is 1.25. The van der Waals surface area contributed by atoms with E-state index in [1.165, 1.54) is 13.2 Å². The van der Waals surface area contributed by atoms with Crippen LogP contribution in [0.25, 0.3) is 0 Å². The zero-order chi connectivity index (χ0) is 21.9. The van der Waals surface area contributed by atoms with Gasteiger partial charge >= 0.3 is 6.18 Å². The summed E-state index contributed by atoms with van der Waals surface area (Å²) in [6.07, 6.45) is -4.12. The summed E-state index contributed by atoms with van der Waals surface area (Å²) in [5, 5.41) is 5.26. The Morgan fingerprint density at radius 3 is 2.57 bits per heavy atom. The van der Waals surface area contributed by atoms with Crippen LogP contribution in [0.2, 0.25) is 0 Å². The van der Waals surface area contributed by atoms with E-state index < -0.39 is 29.5 Å². The summed E-state index contributed by atoms with van der Waals surface area (Å²) in [5.74, 6) is -2.05. The minimum absolute atomic E-state index is 0.0530. The second-order valence-electron chi connectivity index (χ2n) is 6.62. The van der Waals surface area contributed by atoms with Gasteiger partial charge in [0.25, 0.3) is 5.91 Å². The first-order valence-electron chi connectivity index (χ1n) is 8.97. The summed E-state index contributed by atoms with van der Waals surface area (Å²) in [6, 6.07) is 5.22. The van der Waals surface area contributed by atoms with Crippen molar-refractivity contribution < 1.29 is 36.6 Å². The third-order valence-electron chi connectivity index (χ3n) is 4.48. The number of carbonyl (C=O) groups excluding carboxylic acids is 2. The van der Waals surface area contributed by atoms with Gasteiger partial charge in [-0.25, -0.2) is 4.39 Å². The summed E-state index contributed by atoms with van der Waals surface area (Å²) >= 11 is 0. The SMILES string of the molecule is COc1cc(F)ccc1Oc1cc(C(F)(F)F)ccc1C(=O)NC1CCNC(=O)C1. The van der Waals surface area contributed by atoms with Crippen LogP contribution in [-0.4, -0.2) is 31.5 Å². The fourth-order valence-corrected chi connectivity index (χ4v) is 2.99. The molecule has 1 aliphatic heterocycles. The molecule has 0 radical (unpaired) electrons. The van der Waals surface area contributed by atoms with Crippen molar-refractivity contribution >= 4 is 11.8 Å². The molecule has 6 nitrogen and oxygen atoms in total. The molecule has 0 saturated carbocycles. The Balaban J connectivity index is 1.94. The first-order valence-corrected chi connectivity index (χ1v) is 8.97. The number of piperidine rings is 1. The van der Waals surface area contributed by atoms with E-state index in [0.717, 1.165) is 24.3 Å². The molecule has 0 spiro atoms. The van der Waals surface area contributed by atoms with E-state index in [1.807, 2.05) is 0 Å². The maximum absolute atomic E-state index is 13.4. The van der Waals surface area contributed by atoms with Crippen molar-refractivity contribution in [2.24, 2.45) is 0 Å². The quantitative estimate of drug-likeness (QED) is 0.716. The third kappa shape index (κ3) is 5.00. The molecule has 2 aromatic rings. The molecule has 2 amide bonds. The molecule has 0 aromatic heterocycles. The number of methoxy groups -OCH3 is 1. The first kappa shape index (κ1) is 21.4. The van der Waals surface area contributed by atoms with Gasteiger partial charge in [-0.05, 0) is 36.8 Å². The number of nitrogens with one attached hydrogen (secondary N) is 2. The summed E-state index contributed by atoms with van der Waals surface area (Å²) < 4.78 is 63.5. The highest BCUT2D eigenvalue weighted by Crippen LogP contribution is 2.37. The molecule has 1 aliphatic rings. The van der Waals surface area contributed by atoms with Gasteiger partial charge in [-0.2, -0.15) is 13.2 Å². The fourth-order valence-electron chi connectivity index (χ4n) is 2.99. The highest BCUT2D eigenvalue weighted by Gasteiger charge is 2.32. The van der Waals surface area contributed by atoms with E-state index in [0.29, 0.717) is 19.0 Å². The number of hydrogen-bond acceptors (Lipinski definition) is 4. The van der Waals surface area contributed by atoms with E-state index in [1.54, 1.807) is 0 Å². The monoisotopic (exact) mass is 426 g/mol. The van der Waals surface area contributed by atoms with Crippen LogP contribution >= 0.6 is 0 Å². The van der Waals surface area contributed by atoms with E-state index in [9.17, 15) is 27.2 Å². The van der Waals surface area contributed by atoms with Crippen LogP contribution in [-0.2, 0) is 11.0 Å².